The van der Waals surface area contributed by atoms with Crippen LogP contribution in [0.2, 0.25) is 0 Å². The van der Waals surface area contributed by atoms with Gasteiger partial charge in [0.25, 0.3) is 5.91 Å². The second kappa shape index (κ2) is 5.83. The van der Waals surface area contributed by atoms with Gasteiger partial charge in [-0.3, -0.25) is 4.79 Å². The van der Waals surface area contributed by atoms with Crippen molar-refractivity contribution in [1.82, 2.24) is 0 Å². The van der Waals surface area contributed by atoms with Crippen molar-refractivity contribution in [3.8, 4) is 5.75 Å². The maximum absolute atomic E-state index is 13.2. The molecule has 3 N–H and O–H groups in total. The molecule has 2 aromatic rings. The van der Waals surface area contributed by atoms with Crippen LogP contribution in [0.4, 0.5) is 15.8 Å². The molecule has 0 unspecified atom stereocenters. The zero-order valence-electron chi connectivity index (χ0n) is 12.2. The molecule has 110 valence electrons. The summed E-state index contributed by atoms with van der Waals surface area (Å²) < 4.78 is 18.6. The topological polar surface area (TPSA) is 64.3 Å². The number of nitrogen functional groups attached to an aromatic ring is 1. The number of ether oxygens (including phenoxy) is 1. The lowest BCUT2D eigenvalue weighted by molar-refractivity contribution is 0.102. The van der Waals surface area contributed by atoms with Gasteiger partial charge in [0.2, 0.25) is 0 Å². The van der Waals surface area contributed by atoms with Gasteiger partial charge in [-0.1, -0.05) is 6.07 Å². The van der Waals surface area contributed by atoms with Gasteiger partial charge >= 0.3 is 0 Å². The minimum Gasteiger partial charge on any atom is -0.496 e. The molecule has 0 fully saturated rings. The van der Waals surface area contributed by atoms with Crippen molar-refractivity contribution in [2.45, 2.75) is 13.8 Å². The molecule has 0 bridgehead atoms. The summed E-state index contributed by atoms with van der Waals surface area (Å²) in [6.45, 7) is 3.76. The molecule has 4 nitrogen and oxygen atoms in total. The van der Waals surface area contributed by atoms with E-state index in [1.54, 1.807) is 13.2 Å². The molecule has 0 aliphatic carbocycles. The van der Waals surface area contributed by atoms with Crippen molar-refractivity contribution in [1.29, 1.82) is 0 Å². The molecule has 1 amide bonds. The Morgan fingerprint density at radius 1 is 1.24 bits per heavy atom. The lowest BCUT2D eigenvalue weighted by Crippen LogP contribution is -2.15. The van der Waals surface area contributed by atoms with Gasteiger partial charge in [0.1, 0.15) is 11.6 Å². The number of nitrogens with one attached hydrogen (secondary N) is 1. The summed E-state index contributed by atoms with van der Waals surface area (Å²) in [6, 6.07) is 7.32. The molecule has 0 aromatic heterocycles. The smallest absolute Gasteiger partial charge is 0.257 e. The van der Waals surface area contributed by atoms with E-state index >= 15 is 0 Å². The normalized spacial score (nSPS) is 10.3. The van der Waals surface area contributed by atoms with Crippen molar-refractivity contribution < 1.29 is 13.9 Å². The highest BCUT2D eigenvalue weighted by Gasteiger charge is 2.14. The highest BCUT2D eigenvalue weighted by atomic mass is 19.1. The van der Waals surface area contributed by atoms with Crippen LogP contribution < -0.4 is 15.8 Å². The van der Waals surface area contributed by atoms with Crippen LogP contribution in [0.3, 0.4) is 0 Å². The molecule has 0 aliphatic heterocycles. The Bertz CT molecular complexity index is 699. The summed E-state index contributed by atoms with van der Waals surface area (Å²) >= 11 is 0. The number of aryl methyl sites for hydroxylation is 1. The Morgan fingerprint density at radius 3 is 2.62 bits per heavy atom. The number of methoxy groups -OCH3 is 1. The quantitative estimate of drug-likeness (QED) is 0.852. The maximum atomic E-state index is 13.2. The van der Waals surface area contributed by atoms with Crippen LogP contribution in [-0.2, 0) is 0 Å². The Labute approximate surface area is 122 Å². The number of benzene rings is 2. The van der Waals surface area contributed by atoms with E-state index in [9.17, 15) is 9.18 Å². The van der Waals surface area contributed by atoms with Gasteiger partial charge < -0.3 is 15.8 Å². The predicted molar refractivity (Wildman–Crippen MR) is 81.2 cm³/mol. The number of anilines is 2. The minimum absolute atomic E-state index is 0.106. The summed E-state index contributed by atoms with van der Waals surface area (Å²) in [5.41, 5.74) is 8.42. The van der Waals surface area contributed by atoms with E-state index in [1.807, 2.05) is 19.9 Å². The Kier molecular flexibility index (Phi) is 4.12. The number of hydrogen-bond acceptors (Lipinski definition) is 3. The van der Waals surface area contributed by atoms with Crippen LogP contribution in [0, 0.1) is 19.7 Å². The molecule has 2 aromatic carbocycles. The fraction of sp³-hybridized carbons (Fsp3) is 0.188. The lowest BCUT2D eigenvalue weighted by Gasteiger charge is -2.14. The third kappa shape index (κ3) is 2.97. The largest absolute Gasteiger partial charge is 0.496 e. The van der Waals surface area contributed by atoms with Crippen LogP contribution in [0.15, 0.2) is 30.3 Å². The Hall–Kier alpha value is -2.56. The van der Waals surface area contributed by atoms with E-state index in [4.69, 9.17) is 10.5 Å². The second-order valence-electron chi connectivity index (χ2n) is 4.77. The average Bonchev–Trinajstić information content (AvgIpc) is 2.45. The van der Waals surface area contributed by atoms with Gasteiger partial charge in [0.15, 0.2) is 0 Å². The van der Waals surface area contributed by atoms with Gasteiger partial charge in [-0.2, -0.15) is 0 Å². The molecule has 0 heterocycles. The fourth-order valence-electron chi connectivity index (χ4n) is 2.19. The molecule has 2 rings (SSSR count). The lowest BCUT2D eigenvalue weighted by atomic mass is 10.1. The van der Waals surface area contributed by atoms with Gasteiger partial charge in [-0.15, -0.1) is 0 Å². The summed E-state index contributed by atoms with van der Waals surface area (Å²) in [5, 5.41) is 2.73. The molecular weight excluding hydrogens is 271 g/mol. The number of hydrogen-bond donors (Lipinski definition) is 2. The maximum Gasteiger partial charge on any atom is 0.257 e. The number of halogens is 1. The van der Waals surface area contributed by atoms with Crippen LogP contribution in [0.5, 0.6) is 5.75 Å². The number of rotatable bonds is 3. The summed E-state index contributed by atoms with van der Waals surface area (Å²) in [5.74, 6) is -0.256. The van der Waals surface area contributed by atoms with Crippen LogP contribution >= 0.6 is 0 Å². The van der Waals surface area contributed by atoms with Crippen molar-refractivity contribution in [3.05, 3.63) is 52.8 Å². The van der Waals surface area contributed by atoms with Gasteiger partial charge in [0.05, 0.1) is 12.7 Å². The molecular formula is C16H17FN2O2. The van der Waals surface area contributed by atoms with Gasteiger partial charge in [-0.25, -0.2) is 4.39 Å². The Morgan fingerprint density at radius 2 is 1.95 bits per heavy atom. The summed E-state index contributed by atoms with van der Waals surface area (Å²) in [6.07, 6.45) is 0. The summed E-state index contributed by atoms with van der Waals surface area (Å²) in [7, 11) is 1.57. The standard InChI is InChI=1S/C16H17FN2O2/c1-9-4-7-14(10(2)15(9)21-3)19-16(20)12-8-11(17)5-6-13(12)18/h4-8H,18H2,1-3H3,(H,19,20). The minimum atomic E-state index is -0.507. The molecule has 5 heteroatoms. The first kappa shape index (κ1) is 14.8. The molecule has 0 saturated carbocycles. The molecule has 21 heavy (non-hydrogen) atoms. The molecule has 0 atom stereocenters. The van der Waals surface area contributed by atoms with Gasteiger partial charge in [-0.05, 0) is 43.7 Å². The molecule has 0 radical (unpaired) electrons. The van der Waals surface area contributed by atoms with E-state index in [1.165, 1.54) is 12.1 Å². The number of amides is 1. The first-order chi connectivity index (χ1) is 9.93. The zero-order valence-corrected chi connectivity index (χ0v) is 12.2. The predicted octanol–water partition coefficient (Wildman–Crippen LogP) is 3.29. The third-order valence-electron chi connectivity index (χ3n) is 3.32. The van der Waals surface area contributed by atoms with E-state index in [-0.39, 0.29) is 11.3 Å². The fourth-order valence-corrected chi connectivity index (χ4v) is 2.19. The monoisotopic (exact) mass is 288 g/mol. The van der Waals surface area contributed by atoms with E-state index in [0.29, 0.717) is 11.4 Å². The van der Waals surface area contributed by atoms with E-state index in [0.717, 1.165) is 17.2 Å². The highest BCUT2D eigenvalue weighted by molar-refractivity contribution is 6.08. The highest BCUT2D eigenvalue weighted by Crippen LogP contribution is 2.29. The van der Waals surface area contributed by atoms with E-state index < -0.39 is 11.7 Å². The third-order valence-corrected chi connectivity index (χ3v) is 3.32. The SMILES string of the molecule is COc1c(C)ccc(NC(=O)c2cc(F)ccc2N)c1C. The van der Waals surface area contributed by atoms with Crippen LogP contribution in [0.25, 0.3) is 0 Å². The first-order valence-electron chi connectivity index (χ1n) is 6.44. The Balaban J connectivity index is 2.34. The number of carbonyl (C=O) groups is 1. The van der Waals surface area contributed by atoms with Crippen LogP contribution in [0.1, 0.15) is 21.5 Å². The molecule has 0 saturated heterocycles. The zero-order chi connectivity index (χ0) is 15.6. The number of nitrogens with two attached hydrogens (primary N) is 1. The second-order valence-corrected chi connectivity index (χ2v) is 4.77. The van der Waals surface area contributed by atoms with Crippen molar-refractivity contribution in [3.63, 3.8) is 0 Å². The van der Waals surface area contributed by atoms with Crippen LogP contribution in [-0.4, -0.2) is 13.0 Å². The van der Waals surface area contributed by atoms with Crippen molar-refractivity contribution in [2.75, 3.05) is 18.2 Å². The molecule has 0 aliphatic rings. The molecule has 0 spiro atoms. The average molecular weight is 288 g/mol. The van der Waals surface area contributed by atoms with Crippen molar-refractivity contribution in [2.24, 2.45) is 0 Å². The first-order valence-corrected chi connectivity index (χ1v) is 6.44. The van der Waals surface area contributed by atoms with E-state index in [2.05, 4.69) is 5.32 Å². The van der Waals surface area contributed by atoms with Gasteiger partial charge in [0, 0.05) is 16.9 Å². The van der Waals surface area contributed by atoms with Crippen molar-refractivity contribution >= 4 is 17.3 Å². The summed E-state index contributed by atoms with van der Waals surface area (Å²) in [4.78, 5) is 12.2. The number of carbonyl (C=O) groups excluding carboxylic acids is 1.